The standard InChI is InChI=1S/C19H27F/c1-2-5-16-7-11-18(12-8-16)19-13-9-17(10-14-19)6-3-4-15-20/h4,9-10,13-16,18H,2-3,5-8,11-12H2,1H3/b15-4+. The molecule has 0 aromatic heterocycles. The highest BCUT2D eigenvalue weighted by atomic mass is 19.1. The van der Waals surface area contributed by atoms with E-state index in [1.165, 1.54) is 49.7 Å². The zero-order valence-corrected chi connectivity index (χ0v) is 12.7. The van der Waals surface area contributed by atoms with Crippen molar-refractivity contribution in [2.24, 2.45) is 5.92 Å². The van der Waals surface area contributed by atoms with E-state index in [1.807, 2.05) is 0 Å². The number of hydrogen-bond donors (Lipinski definition) is 0. The van der Waals surface area contributed by atoms with Crippen LogP contribution in [-0.4, -0.2) is 0 Å². The van der Waals surface area contributed by atoms with Crippen LogP contribution in [0.2, 0.25) is 0 Å². The topological polar surface area (TPSA) is 0 Å². The summed E-state index contributed by atoms with van der Waals surface area (Å²) in [6.07, 6.45) is 12.2. The van der Waals surface area contributed by atoms with Crippen LogP contribution >= 0.6 is 0 Å². The van der Waals surface area contributed by atoms with Gasteiger partial charge in [0.15, 0.2) is 0 Å². The van der Waals surface area contributed by atoms with Crippen molar-refractivity contribution in [1.82, 2.24) is 0 Å². The van der Waals surface area contributed by atoms with Gasteiger partial charge >= 0.3 is 0 Å². The fourth-order valence-corrected chi connectivity index (χ4v) is 3.46. The summed E-state index contributed by atoms with van der Waals surface area (Å²) in [5, 5.41) is 0. The highest BCUT2D eigenvalue weighted by Crippen LogP contribution is 2.37. The minimum Gasteiger partial charge on any atom is -0.216 e. The van der Waals surface area contributed by atoms with Gasteiger partial charge in [0.25, 0.3) is 0 Å². The highest BCUT2D eigenvalue weighted by Gasteiger charge is 2.21. The summed E-state index contributed by atoms with van der Waals surface area (Å²) < 4.78 is 11.9. The Morgan fingerprint density at radius 1 is 1.10 bits per heavy atom. The van der Waals surface area contributed by atoms with E-state index in [4.69, 9.17) is 0 Å². The molecule has 2 rings (SSSR count). The molecule has 0 heterocycles. The molecule has 1 aromatic carbocycles. The van der Waals surface area contributed by atoms with Crippen molar-refractivity contribution < 1.29 is 4.39 Å². The van der Waals surface area contributed by atoms with E-state index in [0.717, 1.165) is 24.7 Å². The molecule has 1 fully saturated rings. The van der Waals surface area contributed by atoms with E-state index in [0.29, 0.717) is 6.33 Å². The molecule has 0 amide bonds. The van der Waals surface area contributed by atoms with E-state index in [9.17, 15) is 4.39 Å². The third kappa shape index (κ3) is 4.47. The monoisotopic (exact) mass is 274 g/mol. The van der Waals surface area contributed by atoms with Gasteiger partial charge in [-0.25, -0.2) is 4.39 Å². The number of aryl methyl sites for hydroxylation is 1. The summed E-state index contributed by atoms with van der Waals surface area (Å²) >= 11 is 0. The van der Waals surface area contributed by atoms with E-state index >= 15 is 0 Å². The van der Waals surface area contributed by atoms with Gasteiger partial charge in [-0.05, 0) is 61.5 Å². The zero-order valence-electron chi connectivity index (χ0n) is 12.7. The fraction of sp³-hybridized carbons (Fsp3) is 0.579. The first-order chi connectivity index (χ1) is 9.83. The van der Waals surface area contributed by atoms with Crippen LogP contribution in [-0.2, 0) is 6.42 Å². The molecular formula is C19H27F. The van der Waals surface area contributed by atoms with Gasteiger partial charge in [-0.15, -0.1) is 0 Å². The molecule has 0 nitrogen and oxygen atoms in total. The highest BCUT2D eigenvalue weighted by molar-refractivity contribution is 5.26. The lowest BCUT2D eigenvalue weighted by Crippen LogP contribution is -2.13. The summed E-state index contributed by atoms with van der Waals surface area (Å²) in [6, 6.07) is 9.03. The fourth-order valence-electron chi connectivity index (χ4n) is 3.46. The van der Waals surface area contributed by atoms with Gasteiger partial charge in [0.1, 0.15) is 0 Å². The number of allylic oxidation sites excluding steroid dienone is 1. The van der Waals surface area contributed by atoms with Gasteiger partial charge in [0.05, 0.1) is 6.33 Å². The summed E-state index contributed by atoms with van der Waals surface area (Å²) in [4.78, 5) is 0. The van der Waals surface area contributed by atoms with Crippen LogP contribution in [0.25, 0.3) is 0 Å². The maximum Gasteiger partial charge on any atom is 0.0827 e. The molecule has 1 aromatic rings. The molecule has 0 spiro atoms. The molecule has 0 aliphatic heterocycles. The SMILES string of the molecule is CCCC1CCC(c2ccc(CC/C=C/F)cc2)CC1. The third-order valence-corrected chi connectivity index (χ3v) is 4.68. The molecule has 20 heavy (non-hydrogen) atoms. The van der Waals surface area contributed by atoms with Crippen LogP contribution in [0.15, 0.2) is 36.7 Å². The zero-order chi connectivity index (χ0) is 14.2. The second-order valence-electron chi connectivity index (χ2n) is 6.15. The van der Waals surface area contributed by atoms with Crippen LogP contribution in [0.4, 0.5) is 4.39 Å². The van der Waals surface area contributed by atoms with Crippen molar-refractivity contribution >= 4 is 0 Å². The second-order valence-corrected chi connectivity index (χ2v) is 6.15. The molecule has 0 N–H and O–H groups in total. The Morgan fingerprint density at radius 3 is 2.40 bits per heavy atom. The Bertz CT molecular complexity index is 396. The Balaban J connectivity index is 1.84. The first-order valence-corrected chi connectivity index (χ1v) is 8.17. The quantitative estimate of drug-likeness (QED) is 0.581. The average molecular weight is 274 g/mol. The molecule has 110 valence electrons. The largest absolute Gasteiger partial charge is 0.216 e. The maximum absolute atomic E-state index is 11.9. The van der Waals surface area contributed by atoms with Gasteiger partial charge in [0.2, 0.25) is 0 Å². The number of hydrogen-bond acceptors (Lipinski definition) is 0. The van der Waals surface area contributed by atoms with Crippen LogP contribution in [0.5, 0.6) is 0 Å². The molecule has 1 aliphatic carbocycles. The Morgan fingerprint density at radius 2 is 1.80 bits per heavy atom. The van der Waals surface area contributed by atoms with Gasteiger partial charge in [-0.3, -0.25) is 0 Å². The summed E-state index contributed by atoms with van der Waals surface area (Å²) in [6.45, 7) is 2.29. The minimum atomic E-state index is 0.642. The van der Waals surface area contributed by atoms with Gasteiger partial charge in [0, 0.05) is 0 Å². The Kier molecular flexibility index (Phi) is 6.29. The van der Waals surface area contributed by atoms with E-state index in [1.54, 1.807) is 6.08 Å². The molecule has 0 saturated heterocycles. The minimum absolute atomic E-state index is 0.642. The van der Waals surface area contributed by atoms with Gasteiger partial charge < -0.3 is 0 Å². The first-order valence-electron chi connectivity index (χ1n) is 8.17. The van der Waals surface area contributed by atoms with Gasteiger partial charge in [-0.1, -0.05) is 50.1 Å². The molecule has 1 saturated carbocycles. The molecule has 0 bridgehead atoms. The van der Waals surface area contributed by atoms with E-state index < -0.39 is 0 Å². The number of rotatable bonds is 6. The smallest absolute Gasteiger partial charge is 0.0827 e. The van der Waals surface area contributed by atoms with Crippen LogP contribution in [0.3, 0.4) is 0 Å². The van der Waals surface area contributed by atoms with Crippen LogP contribution in [0, 0.1) is 5.92 Å². The van der Waals surface area contributed by atoms with Crippen molar-refractivity contribution in [1.29, 1.82) is 0 Å². The van der Waals surface area contributed by atoms with E-state index in [2.05, 4.69) is 31.2 Å². The number of benzene rings is 1. The van der Waals surface area contributed by atoms with Crippen molar-refractivity contribution in [3.63, 3.8) is 0 Å². The maximum atomic E-state index is 11.9. The van der Waals surface area contributed by atoms with Crippen molar-refractivity contribution in [3.8, 4) is 0 Å². The molecule has 0 unspecified atom stereocenters. The molecule has 0 atom stereocenters. The molecule has 1 aliphatic rings. The second kappa shape index (κ2) is 8.24. The van der Waals surface area contributed by atoms with Gasteiger partial charge in [-0.2, -0.15) is 0 Å². The normalized spacial score (nSPS) is 23.3. The number of halogens is 1. The predicted octanol–water partition coefficient (Wildman–Crippen LogP) is 6.18. The third-order valence-electron chi connectivity index (χ3n) is 4.68. The molecule has 0 radical (unpaired) electrons. The van der Waals surface area contributed by atoms with Crippen molar-refractivity contribution in [2.45, 2.75) is 64.2 Å². The lowest BCUT2D eigenvalue weighted by atomic mass is 9.77. The summed E-state index contributed by atoms with van der Waals surface area (Å²) in [5.74, 6) is 1.74. The van der Waals surface area contributed by atoms with Crippen LogP contribution < -0.4 is 0 Å². The summed E-state index contributed by atoms with van der Waals surface area (Å²) in [7, 11) is 0. The lowest BCUT2D eigenvalue weighted by molar-refractivity contribution is 0.308. The Hall–Kier alpha value is -1.11. The lowest BCUT2D eigenvalue weighted by Gasteiger charge is -2.28. The average Bonchev–Trinajstić information content (AvgIpc) is 2.49. The predicted molar refractivity (Wildman–Crippen MR) is 84.6 cm³/mol. The summed E-state index contributed by atoms with van der Waals surface area (Å²) in [5.41, 5.74) is 2.82. The molecule has 1 heteroatoms. The van der Waals surface area contributed by atoms with E-state index in [-0.39, 0.29) is 0 Å². The molecular weight excluding hydrogens is 247 g/mol. The van der Waals surface area contributed by atoms with Crippen LogP contribution in [0.1, 0.15) is 68.9 Å². The van der Waals surface area contributed by atoms with Crippen molar-refractivity contribution in [2.75, 3.05) is 0 Å². The first kappa shape index (κ1) is 15.3. The van der Waals surface area contributed by atoms with Crippen molar-refractivity contribution in [3.05, 3.63) is 47.8 Å². The Labute approximate surface area is 123 Å².